The molecule has 3 aromatic rings. The number of hydrogen-bond acceptors (Lipinski definition) is 4. The number of rotatable bonds is 9. The van der Waals surface area contributed by atoms with E-state index in [-0.39, 0.29) is 11.9 Å². The molecule has 1 amide bonds. The van der Waals surface area contributed by atoms with Crippen LogP contribution >= 0.6 is 11.6 Å². The Labute approximate surface area is 226 Å². The monoisotopic (exact) mass is 519 g/mol. The maximum absolute atomic E-state index is 13.3. The summed E-state index contributed by atoms with van der Waals surface area (Å²) < 4.78 is 6.04. The normalized spacial score (nSPS) is 14.4. The van der Waals surface area contributed by atoms with Crippen molar-refractivity contribution in [3.05, 3.63) is 70.9 Å². The van der Waals surface area contributed by atoms with E-state index in [1.165, 1.54) is 12.8 Å². The number of carbonyl (C=O) groups excluding carboxylic acids is 1. The second-order valence-corrected chi connectivity index (χ2v) is 10.6. The molecule has 0 radical (unpaired) electrons. The number of ether oxygens (including phenoxy) is 1. The second-order valence-electron chi connectivity index (χ2n) is 10.2. The Morgan fingerprint density at radius 3 is 2.51 bits per heavy atom. The first kappa shape index (κ1) is 27.2. The fourth-order valence-electron chi connectivity index (χ4n) is 4.91. The summed E-state index contributed by atoms with van der Waals surface area (Å²) in [4.78, 5) is 20.3. The van der Waals surface area contributed by atoms with Crippen molar-refractivity contribution in [1.82, 2.24) is 15.2 Å². The molecule has 1 heterocycles. The lowest BCUT2D eigenvalue weighted by Crippen LogP contribution is -2.34. The van der Waals surface area contributed by atoms with E-state index in [1.807, 2.05) is 56.6 Å². The molecule has 1 aliphatic rings. The zero-order valence-electron chi connectivity index (χ0n) is 22.2. The van der Waals surface area contributed by atoms with Crippen LogP contribution in [0.5, 0.6) is 5.75 Å². The van der Waals surface area contributed by atoms with Gasteiger partial charge in [-0.25, -0.2) is 4.98 Å². The Morgan fingerprint density at radius 1 is 1.03 bits per heavy atom. The van der Waals surface area contributed by atoms with Crippen LogP contribution in [0.3, 0.4) is 0 Å². The number of pyridine rings is 1. The van der Waals surface area contributed by atoms with Crippen LogP contribution in [0.25, 0.3) is 22.4 Å². The van der Waals surface area contributed by atoms with Crippen LogP contribution in [0.4, 0.5) is 0 Å². The number of nitrogens with zero attached hydrogens (tertiary/aromatic N) is 2. The average Bonchev–Trinajstić information content (AvgIpc) is 3.16. The first-order valence-corrected chi connectivity index (χ1v) is 13.8. The number of hydrogen-bond donors (Lipinski definition) is 1. The van der Waals surface area contributed by atoms with Gasteiger partial charge in [-0.05, 0) is 75.7 Å². The molecule has 37 heavy (non-hydrogen) atoms. The van der Waals surface area contributed by atoms with Crippen molar-refractivity contribution in [2.75, 3.05) is 27.2 Å². The van der Waals surface area contributed by atoms with Crippen molar-refractivity contribution < 1.29 is 9.53 Å². The molecule has 1 aliphatic carbocycles. The molecule has 4 rings (SSSR count). The third-order valence-electron chi connectivity index (χ3n) is 6.97. The molecule has 2 aromatic carbocycles. The molecule has 5 nitrogen and oxygen atoms in total. The van der Waals surface area contributed by atoms with E-state index in [0.29, 0.717) is 23.1 Å². The average molecular weight is 520 g/mol. The Balaban J connectivity index is 1.68. The fraction of sp³-hybridized carbons (Fsp3) is 0.419. The zero-order valence-corrected chi connectivity index (χ0v) is 23.0. The van der Waals surface area contributed by atoms with Crippen molar-refractivity contribution in [2.45, 2.75) is 57.9 Å². The number of nitrogens with one attached hydrogen (secondary N) is 1. The smallest absolute Gasteiger partial charge is 0.270 e. The third-order valence-corrected chi connectivity index (χ3v) is 7.28. The molecule has 0 saturated heterocycles. The van der Waals surface area contributed by atoms with E-state index >= 15 is 0 Å². The van der Waals surface area contributed by atoms with Crippen LogP contribution in [0.2, 0.25) is 5.02 Å². The number of halogens is 1. The van der Waals surface area contributed by atoms with Gasteiger partial charge in [-0.1, -0.05) is 67.6 Å². The van der Waals surface area contributed by atoms with Gasteiger partial charge in [0, 0.05) is 23.7 Å². The second kappa shape index (κ2) is 13.1. The first-order chi connectivity index (χ1) is 17.9. The summed E-state index contributed by atoms with van der Waals surface area (Å²) in [5.74, 6) is 0.516. The number of amides is 1. The lowest BCUT2D eigenvalue weighted by molar-refractivity contribution is 0.0928. The summed E-state index contributed by atoms with van der Waals surface area (Å²) in [6, 6.07) is 18.0. The molecular formula is C31H38ClN3O2. The Hall–Kier alpha value is -2.89. The third kappa shape index (κ3) is 7.33. The molecule has 6 heteroatoms. The highest BCUT2D eigenvalue weighted by molar-refractivity contribution is 6.32. The molecule has 0 aliphatic heterocycles. The number of benzene rings is 2. The molecule has 1 aromatic heterocycles. The van der Waals surface area contributed by atoms with Gasteiger partial charge < -0.3 is 15.0 Å². The SMILES string of the molecule is Cc1ccccc1-c1ccc(C(=O)NC2CCCCCC2)nc1-c1ccc(Cl)c(OCCCN(C)C)c1. The van der Waals surface area contributed by atoms with E-state index in [0.717, 1.165) is 66.6 Å². The lowest BCUT2D eigenvalue weighted by Gasteiger charge is -2.18. The van der Waals surface area contributed by atoms with Gasteiger partial charge in [0.05, 0.1) is 17.3 Å². The van der Waals surface area contributed by atoms with Crippen molar-refractivity contribution >= 4 is 17.5 Å². The predicted octanol–water partition coefficient (Wildman–Crippen LogP) is 7.16. The molecule has 0 atom stereocenters. The summed E-state index contributed by atoms with van der Waals surface area (Å²) in [5, 5.41) is 3.80. The highest BCUT2D eigenvalue weighted by Gasteiger charge is 2.20. The van der Waals surface area contributed by atoms with Gasteiger partial charge in [0.2, 0.25) is 0 Å². The minimum absolute atomic E-state index is 0.112. The van der Waals surface area contributed by atoms with Gasteiger partial charge in [-0.3, -0.25) is 4.79 Å². The molecule has 1 fully saturated rings. The van der Waals surface area contributed by atoms with Gasteiger partial charge >= 0.3 is 0 Å². The molecule has 0 bridgehead atoms. The summed E-state index contributed by atoms with van der Waals surface area (Å²) in [5.41, 5.74) is 5.26. The number of aromatic nitrogens is 1. The minimum Gasteiger partial charge on any atom is -0.492 e. The highest BCUT2D eigenvalue weighted by Crippen LogP contribution is 2.36. The molecule has 0 unspecified atom stereocenters. The van der Waals surface area contributed by atoms with Crippen molar-refractivity contribution in [3.8, 4) is 28.1 Å². The maximum Gasteiger partial charge on any atom is 0.270 e. The Bertz CT molecular complexity index is 1200. The molecule has 1 saturated carbocycles. The van der Waals surface area contributed by atoms with Crippen LogP contribution in [-0.4, -0.2) is 49.1 Å². The first-order valence-electron chi connectivity index (χ1n) is 13.4. The van der Waals surface area contributed by atoms with Gasteiger partial charge in [0.1, 0.15) is 11.4 Å². The van der Waals surface area contributed by atoms with Crippen LogP contribution in [0, 0.1) is 6.92 Å². The Kier molecular flexibility index (Phi) is 9.59. The maximum atomic E-state index is 13.3. The molecule has 0 spiro atoms. The summed E-state index contributed by atoms with van der Waals surface area (Å²) in [6.07, 6.45) is 7.79. The Morgan fingerprint density at radius 2 is 1.78 bits per heavy atom. The number of carbonyl (C=O) groups is 1. The lowest BCUT2D eigenvalue weighted by atomic mass is 9.95. The van der Waals surface area contributed by atoms with E-state index in [9.17, 15) is 4.79 Å². The van der Waals surface area contributed by atoms with Gasteiger partial charge in [0.15, 0.2) is 0 Å². The largest absolute Gasteiger partial charge is 0.492 e. The van der Waals surface area contributed by atoms with E-state index in [1.54, 1.807) is 0 Å². The summed E-state index contributed by atoms with van der Waals surface area (Å²) in [7, 11) is 4.09. The predicted molar refractivity (Wildman–Crippen MR) is 152 cm³/mol. The summed E-state index contributed by atoms with van der Waals surface area (Å²) in [6.45, 7) is 3.60. The van der Waals surface area contributed by atoms with Crippen molar-refractivity contribution in [3.63, 3.8) is 0 Å². The minimum atomic E-state index is -0.112. The van der Waals surface area contributed by atoms with Gasteiger partial charge in [-0.15, -0.1) is 0 Å². The van der Waals surface area contributed by atoms with E-state index in [2.05, 4.69) is 29.3 Å². The molecule has 1 N–H and O–H groups in total. The van der Waals surface area contributed by atoms with Crippen LogP contribution in [0.1, 0.15) is 61.0 Å². The zero-order chi connectivity index (χ0) is 26.2. The standard InChI is InChI=1S/C31H38ClN3O2/c1-22-11-8-9-14-25(22)26-16-18-28(31(36)33-24-12-6-4-5-7-13-24)34-30(26)23-15-17-27(32)29(21-23)37-20-10-19-35(2)3/h8-9,11,14-18,21,24H,4-7,10,12-13,19-20H2,1-3H3,(H,33,36). The quantitative estimate of drug-likeness (QED) is 0.241. The molecular weight excluding hydrogens is 482 g/mol. The number of aryl methyl sites for hydroxylation is 1. The summed E-state index contributed by atoms with van der Waals surface area (Å²) >= 11 is 6.49. The molecule has 196 valence electrons. The highest BCUT2D eigenvalue weighted by atomic mass is 35.5. The van der Waals surface area contributed by atoms with E-state index in [4.69, 9.17) is 21.3 Å². The van der Waals surface area contributed by atoms with Crippen molar-refractivity contribution in [2.24, 2.45) is 0 Å². The van der Waals surface area contributed by atoms with Crippen molar-refractivity contribution in [1.29, 1.82) is 0 Å². The van der Waals surface area contributed by atoms with E-state index < -0.39 is 0 Å². The van der Waals surface area contributed by atoms with Gasteiger partial charge in [-0.2, -0.15) is 0 Å². The van der Waals surface area contributed by atoms with Gasteiger partial charge in [0.25, 0.3) is 5.91 Å². The van der Waals surface area contributed by atoms with Crippen LogP contribution in [0.15, 0.2) is 54.6 Å². The topological polar surface area (TPSA) is 54.5 Å². The fourth-order valence-corrected chi connectivity index (χ4v) is 5.08. The van der Waals surface area contributed by atoms with Crippen LogP contribution < -0.4 is 10.1 Å². The van der Waals surface area contributed by atoms with Crippen LogP contribution in [-0.2, 0) is 0 Å².